The Morgan fingerprint density at radius 1 is 1.67 bits per heavy atom. The molecule has 1 heterocycles. The number of H-pyrrole nitrogens is 1. The van der Waals surface area contributed by atoms with Gasteiger partial charge >= 0.3 is 0 Å². The summed E-state index contributed by atoms with van der Waals surface area (Å²) < 4.78 is 0. The van der Waals surface area contributed by atoms with E-state index in [2.05, 4.69) is 24.9 Å². The Kier molecular flexibility index (Phi) is 2.54. The molecular formula is C10H14N2. The molecule has 0 aromatic carbocycles. The van der Waals surface area contributed by atoms with Crippen molar-refractivity contribution < 1.29 is 0 Å². The number of nitriles is 1. The molecule has 0 aliphatic carbocycles. The number of aromatic nitrogens is 1. The second kappa shape index (κ2) is 3.44. The smallest absolute Gasteiger partial charge is 0.101 e. The standard InChI is InChI=1S/C10H14N2/c1-4-7(2)10-5-9(6-11)8(3)12-10/h5,7,12H,4H2,1-3H3. The maximum Gasteiger partial charge on any atom is 0.101 e. The van der Waals surface area contributed by atoms with Crippen molar-refractivity contribution in [1.29, 1.82) is 5.26 Å². The Labute approximate surface area is 73.2 Å². The molecule has 2 heteroatoms. The molecule has 12 heavy (non-hydrogen) atoms. The first kappa shape index (κ1) is 8.86. The Morgan fingerprint density at radius 2 is 2.33 bits per heavy atom. The molecule has 1 aromatic rings. The van der Waals surface area contributed by atoms with Crippen LogP contribution in [-0.2, 0) is 0 Å². The first-order valence-electron chi connectivity index (χ1n) is 4.28. The zero-order chi connectivity index (χ0) is 9.14. The Hall–Kier alpha value is -1.23. The maximum atomic E-state index is 8.72. The van der Waals surface area contributed by atoms with Crippen molar-refractivity contribution in [3.63, 3.8) is 0 Å². The molecule has 64 valence electrons. The van der Waals surface area contributed by atoms with Crippen molar-refractivity contribution in [2.45, 2.75) is 33.1 Å². The van der Waals surface area contributed by atoms with Crippen LogP contribution >= 0.6 is 0 Å². The molecule has 1 rings (SSSR count). The van der Waals surface area contributed by atoms with Gasteiger partial charge in [-0.1, -0.05) is 13.8 Å². The fraction of sp³-hybridized carbons (Fsp3) is 0.500. The summed E-state index contributed by atoms with van der Waals surface area (Å²) in [5, 5.41) is 8.72. The summed E-state index contributed by atoms with van der Waals surface area (Å²) in [7, 11) is 0. The van der Waals surface area contributed by atoms with E-state index in [1.54, 1.807) is 0 Å². The molecule has 0 aliphatic heterocycles. The van der Waals surface area contributed by atoms with Gasteiger partial charge in [-0.15, -0.1) is 0 Å². The molecule has 0 aliphatic rings. The van der Waals surface area contributed by atoms with Crippen molar-refractivity contribution >= 4 is 0 Å². The fourth-order valence-corrected chi connectivity index (χ4v) is 1.19. The minimum atomic E-state index is 0.519. The van der Waals surface area contributed by atoms with Crippen molar-refractivity contribution in [2.24, 2.45) is 0 Å². The van der Waals surface area contributed by atoms with Gasteiger partial charge in [0.25, 0.3) is 0 Å². The first-order valence-corrected chi connectivity index (χ1v) is 4.28. The van der Waals surface area contributed by atoms with E-state index in [0.29, 0.717) is 5.92 Å². The summed E-state index contributed by atoms with van der Waals surface area (Å²) in [6.07, 6.45) is 1.10. The largest absolute Gasteiger partial charge is 0.361 e. The molecule has 0 radical (unpaired) electrons. The molecule has 2 nitrogen and oxygen atoms in total. The lowest BCUT2D eigenvalue weighted by atomic mass is 10.1. The molecule has 1 unspecified atom stereocenters. The number of rotatable bonds is 2. The third-order valence-corrected chi connectivity index (χ3v) is 2.30. The van der Waals surface area contributed by atoms with Gasteiger partial charge in [0.1, 0.15) is 6.07 Å². The second-order valence-corrected chi connectivity index (χ2v) is 3.18. The zero-order valence-corrected chi connectivity index (χ0v) is 7.81. The Balaban J connectivity index is 2.98. The zero-order valence-electron chi connectivity index (χ0n) is 7.81. The van der Waals surface area contributed by atoms with E-state index in [0.717, 1.165) is 17.7 Å². The van der Waals surface area contributed by atoms with E-state index < -0.39 is 0 Å². The van der Waals surface area contributed by atoms with Crippen molar-refractivity contribution in [3.8, 4) is 6.07 Å². The summed E-state index contributed by atoms with van der Waals surface area (Å²) in [6, 6.07) is 4.11. The van der Waals surface area contributed by atoms with E-state index in [1.807, 2.05) is 13.0 Å². The van der Waals surface area contributed by atoms with Crippen LogP contribution in [0.15, 0.2) is 6.07 Å². The predicted octanol–water partition coefficient (Wildman–Crippen LogP) is 2.71. The van der Waals surface area contributed by atoms with E-state index in [1.165, 1.54) is 5.69 Å². The third kappa shape index (κ3) is 1.50. The molecule has 1 aromatic heterocycles. The van der Waals surface area contributed by atoms with Gasteiger partial charge < -0.3 is 4.98 Å². The normalized spacial score (nSPS) is 12.5. The molecule has 0 saturated carbocycles. The number of nitrogens with zero attached hydrogens (tertiary/aromatic N) is 1. The SMILES string of the molecule is CCC(C)c1cc(C#N)c(C)[nH]1. The molecule has 0 fully saturated rings. The lowest BCUT2D eigenvalue weighted by Crippen LogP contribution is -1.90. The topological polar surface area (TPSA) is 39.6 Å². The number of hydrogen-bond acceptors (Lipinski definition) is 1. The van der Waals surface area contributed by atoms with E-state index in [4.69, 9.17) is 5.26 Å². The van der Waals surface area contributed by atoms with Gasteiger partial charge in [0.2, 0.25) is 0 Å². The molecule has 1 N–H and O–H groups in total. The quantitative estimate of drug-likeness (QED) is 0.713. The summed E-state index contributed by atoms with van der Waals surface area (Å²) in [6.45, 7) is 6.24. The van der Waals surface area contributed by atoms with Crippen molar-refractivity contribution in [2.75, 3.05) is 0 Å². The lowest BCUT2D eigenvalue weighted by Gasteiger charge is -2.03. The van der Waals surface area contributed by atoms with Gasteiger partial charge in [-0.2, -0.15) is 5.26 Å². The first-order chi connectivity index (χ1) is 5.69. The summed E-state index contributed by atoms with van der Waals surface area (Å²) >= 11 is 0. The van der Waals surface area contributed by atoms with Crippen molar-refractivity contribution in [3.05, 3.63) is 23.0 Å². The second-order valence-electron chi connectivity index (χ2n) is 3.18. The highest BCUT2D eigenvalue weighted by Gasteiger charge is 2.08. The molecule has 0 amide bonds. The minimum absolute atomic E-state index is 0.519. The maximum absolute atomic E-state index is 8.72. The van der Waals surface area contributed by atoms with Crippen LogP contribution < -0.4 is 0 Å². The van der Waals surface area contributed by atoms with Crippen molar-refractivity contribution in [1.82, 2.24) is 4.98 Å². The van der Waals surface area contributed by atoms with Crippen LogP contribution in [-0.4, -0.2) is 4.98 Å². The van der Waals surface area contributed by atoms with Gasteiger partial charge in [-0.3, -0.25) is 0 Å². The van der Waals surface area contributed by atoms with E-state index in [-0.39, 0.29) is 0 Å². The molecule has 0 spiro atoms. The van der Waals surface area contributed by atoms with Gasteiger partial charge in [-0.25, -0.2) is 0 Å². The number of aryl methyl sites for hydroxylation is 1. The summed E-state index contributed by atoms with van der Waals surface area (Å²) in [5.74, 6) is 0.519. The van der Waals surface area contributed by atoms with Crippen LogP contribution in [0.2, 0.25) is 0 Å². The van der Waals surface area contributed by atoms with Crippen LogP contribution in [0.1, 0.15) is 43.1 Å². The highest BCUT2D eigenvalue weighted by atomic mass is 14.7. The average molecular weight is 162 g/mol. The van der Waals surface area contributed by atoms with E-state index >= 15 is 0 Å². The number of nitrogens with one attached hydrogen (secondary N) is 1. The fourth-order valence-electron chi connectivity index (χ4n) is 1.19. The summed E-state index contributed by atoms with van der Waals surface area (Å²) in [5.41, 5.74) is 2.92. The molecule has 1 atom stereocenters. The Bertz CT molecular complexity index is 304. The number of hydrogen-bond donors (Lipinski definition) is 1. The summed E-state index contributed by atoms with van der Waals surface area (Å²) in [4.78, 5) is 3.22. The predicted molar refractivity (Wildman–Crippen MR) is 49.0 cm³/mol. The molecule has 0 bridgehead atoms. The number of aromatic amines is 1. The van der Waals surface area contributed by atoms with Gasteiger partial charge in [0, 0.05) is 11.4 Å². The third-order valence-electron chi connectivity index (χ3n) is 2.30. The lowest BCUT2D eigenvalue weighted by molar-refractivity contribution is 0.711. The van der Waals surface area contributed by atoms with Crippen LogP contribution in [0.5, 0.6) is 0 Å². The Morgan fingerprint density at radius 3 is 2.75 bits per heavy atom. The molecular weight excluding hydrogens is 148 g/mol. The highest BCUT2D eigenvalue weighted by Crippen LogP contribution is 2.19. The highest BCUT2D eigenvalue weighted by molar-refractivity contribution is 5.36. The van der Waals surface area contributed by atoms with Crippen LogP contribution in [0.4, 0.5) is 0 Å². The average Bonchev–Trinajstić information content (AvgIpc) is 2.45. The van der Waals surface area contributed by atoms with Crippen LogP contribution in [0, 0.1) is 18.3 Å². The van der Waals surface area contributed by atoms with Gasteiger partial charge in [0.15, 0.2) is 0 Å². The van der Waals surface area contributed by atoms with Crippen LogP contribution in [0.3, 0.4) is 0 Å². The van der Waals surface area contributed by atoms with E-state index in [9.17, 15) is 0 Å². The minimum Gasteiger partial charge on any atom is -0.361 e. The molecule has 0 saturated heterocycles. The van der Waals surface area contributed by atoms with Gasteiger partial charge in [0.05, 0.1) is 5.56 Å². The monoisotopic (exact) mass is 162 g/mol. The van der Waals surface area contributed by atoms with Crippen LogP contribution in [0.25, 0.3) is 0 Å². The van der Waals surface area contributed by atoms with Gasteiger partial charge in [-0.05, 0) is 25.3 Å².